The number of likely N-dealkylation sites (tertiary alicyclic amines) is 1. The third kappa shape index (κ3) is 2.03. The summed E-state index contributed by atoms with van der Waals surface area (Å²) in [7, 11) is 0. The first-order valence-corrected chi connectivity index (χ1v) is 9.16. The fraction of sp³-hybridized carbons (Fsp3) is 0.556. The number of hydrogen-bond donors (Lipinski definition) is 1. The molecule has 1 spiro atoms. The van der Waals surface area contributed by atoms with Gasteiger partial charge in [-0.1, -0.05) is 11.6 Å². The lowest BCUT2D eigenvalue weighted by Crippen LogP contribution is -2.40. The minimum atomic E-state index is -0.390. The molecule has 1 aromatic heterocycles. The molecule has 130 valence electrons. The first-order valence-electron chi connectivity index (χ1n) is 8.78. The quantitative estimate of drug-likeness (QED) is 0.662. The summed E-state index contributed by atoms with van der Waals surface area (Å²) >= 11 is 5.72. The van der Waals surface area contributed by atoms with Gasteiger partial charge in [-0.3, -0.25) is 19.3 Å². The van der Waals surface area contributed by atoms with E-state index in [9.17, 15) is 14.4 Å². The molecule has 4 aliphatic rings. The summed E-state index contributed by atoms with van der Waals surface area (Å²) in [6.45, 7) is -0.222. The number of amides is 3. The van der Waals surface area contributed by atoms with Crippen molar-refractivity contribution in [2.75, 3.05) is 11.9 Å². The standard InChI is InChI=1S/C18H18ClN3O3/c19-12-4-1-9(7-20-12)21-13(23)8-22-16(24)14-10-2-3-11(15(14)17(22)25)18(10)5-6-18/h1,4,7,10-11,14-15H,2-3,5-6,8H2,(H,21,23). The van der Waals surface area contributed by atoms with E-state index >= 15 is 0 Å². The molecule has 2 heterocycles. The van der Waals surface area contributed by atoms with Gasteiger partial charge in [0, 0.05) is 0 Å². The van der Waals surface area contributed by atoms with Crippen LogP contribution in [0.3, 0.4) is 0 Å². The van der Waals surface area contributed by atoms with Crippen LogP contribution in [0.1, 0.15) is 25.7 Å². The Hall–Kier alpha value is -1.95. The van der Waals surface area contributed by atoms with Crippen molar-refractivity contribution in [1.29, 1.82) is 0 Å². The van der Waals surface area contributed by atoms with Crippen molar-refractivity contribution in [2.24, 2.45) is 29.1 Å². The van der Waals surface area contributed by atoms with Crippen LogP contribution in [-0.4, -0.2) is 34.2 Å². The minimum Gasteiger partial charge on any atom is -0.323 e. The Morgan fingerprint density at radius 1 is 1.20 bits per heavy atom. The normalized spacial score (nSPS) is 33.9. The third-order valence-corrected chi connectivity index (χ3v) is 6.99. The molecular weight excluding hydrogens is 342 g/mol. The monoisotopic (exact) mass is 359 g/mol. The number of aromatic nitrogens is 1. The lowest BCUT2D eigenvalue weighted by Gasteiger charge is -2.21. The predicted octanol–water partition coefficient (Wildman–Crippen LogP) is 2.09. The molecule has 1 N–H and O–H groups in total. The summed E-state index contributed by atoms with van der Waals surface area (Å²) in [5.41, 5.74) is 0.773. The second-order valence-electron chi connectivity index (χ2n) is 7.76. The highest BCUT2D eigenvalue weighted by molar-refractivity contribution is 6.29. The average molecular weight is 360 g/mol. The summed E-state index contributed by atoms with van der Waals surface area (Å²) in [4.78, 5) is 43.0. The van der Waals surface area contributed by atoms with E-state index in [4.69, 9.17) is 11.6 Å². The number of hydrogen-bond acceptors (Lipinski definition) is 4. The van der Waals surface area contributed by atoms with Crippen LogP contribution in [0, 0.1) is 29.1 Å². The Kier molecular flexibility index (Phi) is 3.08. The van der Waals surface area contributed by atoms with Gasteiger partial charge in [0.15, 0.2) is 0 Å². The van der Waals surface area contributed by atoms with Crippen LogP contribution in [0.2, 0.25) is 5.15 Å². The van der Waals surface area contributed by atoms with Crippen molar-refractivity contribution in [2.45, 2.75) is 25.7 Å². The van der Waals surface area contributed by atoms with Gasteiger partial charge in [-0.25, -0.2) is 4.98 Å². The molecule has 3 saturated carbocycles. The van der Waals surface area contributed by atoms with E-state index in [-0.39, 0.29) is 41.5 Å². The number of nitrogens with zero attached hydrogens (tertiary/aromatic N) is 2. The van der Waals surface area contributed by atoms with Gasteiger partial charge in [0.1, 0.15) is 11.7 Å². The number of rotatable bonds is 3. The molecule has 0 aromatic carbocycles. The summed E-state index contributed by atoms with van der Waals surface area (Å²) in [6, 6.07) is 3.20. The Bertz CT molecular complexity index is 757. The lowest BCUT2D eigenvalue weighted by molar-refractivity contribution is -0.143. The smallest absolute Gasteiger partial charge is 0.244 e. The van der Waals surface area contributed by atoms with Crippen molar-refractivity contribution < 1.29 is 14.4 Å². The van der Waals surface area contributed by atoms with Crippen LogP contribution in [-0.2, 0) is 14.4 Å². The van der Waals surface area contributed by atoms with E-state index in [0.717, 1.165) is 12.8 Å². The van der Waals surface area contributed by atoms with Crippen LogP contribution in [0.5, 0.6) is 0 Å². The minimum absolute atomic E-state index is 0.141. The van der Waals surface area contributed by atoms with Crippen molar-refractivity contribution in [3.63, 3.8) is 0 Å². The van der Waals surface area contributed by atoms with Crippen molar-refractivity contribution in [3.8, 4) is 0 Å². The topological polar surface area (TPSA) is 79.4 Å². The molecule has 1 saturated heterocycles. The molecule has 1 aromatic rings. The first kappa shape index (κ1) is 15.3. The molecule has 1 aliphatic heterocycles. The van der Waals surface area contributed by atoms with E-state index in [0.29, 0.717) is 22.7 Å². The molecule has 4 fully saturated rings. The zero-order valence-corrected chi connectivity index (χ0v) is 14.3. The van der Waals surface area contributed by atoms with E-state index < -0.39 is 0 Å². The van der Waals surface area contributed by atoms with Gasteiger partial charge in [0.2, 0.25) is 17.7 Å². The highest BCUT2D eigenvalue weighted by Crippen LogP contribution is 2.75. The Morgan fingerprint density at radius 2 is 1.84 bits per heavy atom. The number of pyridine rings is 1. The maximum atomic E-state index is 12.8. The second kappa shape index (κ2) is 5.04. The average Bonchev–Trinajstić information content (AvgIpc) is 3.20. The molecule has 0 radical (unpaired) electrons. The van der Waals surface area contributed by atoms with E-state index in [1.807, 2.05) is 0 Å². The van der Waals surface area contributed by atoms with E-state index in [1.165, 1.54) is 23.9 Å². The number of imide groups is 1. The maximum Gasteiger partial charge on any atom is 0.244 e. The molecular formula is C18H18ClN3O3. The number of nitrogens with one attached hydrogen (secondary N) is 1. The van der Waals surface area contributed by atoms with Gasteiger partial charge in [-0.15, -0.1) is 0 Å². The molecule has 3 amide bonds. The van der Waals surface area contributed by atoms with Gasteiger partial charge in [0.25, 0.3) is 0 Å². The van der Waals surface area contributed by atoms with Gasteiger partial charge in [-0.2, -0.15) is 0 Å². The van der Waals surface area contributed by atoms with Gasteiger partial charge in [0.05, 0.1) is 23.7 Å². The summed E-state index contributed by atoms with van der Waals surface area (Å²) in [5.74, 6) is -0.326. The van der Waals surface area contributed by atoms with Crippen LogP contribution in [0.25, 0.3) is 0 Å². The van der Waals surface area contributed by atoms with Crippen molar-refractivity contribution >= 4 is 35.0 Å². The fourth-order valence-electron chi connectivity index (χ4n) is 5.74. The molecule has 7 heteroatoms. The number of fused-ring (bicyclic) bond motifs is 3. The summed E-state index contributed by atoms with van der Waals surface area (Å²) in [5, 5.41) is 3.00. The third-order valence-electron chi connectivity index (χ3n) is 6.76. The maximum absolute atomic E-state index is 12.8. The summed E-state index contributed by atoms with van der Waals surface area (Å²) in [6.07, 6.45) is 5.89. The zero-order chi connectivity index (χ0) is 17.3. The first-order chi connectivity index (χ1) is 12.0. The number of anilines is 1. The Balaban J connectivity index is 1.31. The van der Waals surface area contributed by atoms with Gasteiger partial charge in [-0.05, 0) is 55.1 Å². The molecule has 3 aliphatic carbocycles. The van der Waals surface area contributed by atoms with E-state index in [1.54, 1.807) is 12.1 Å². The summed E-state index contributed by atoms with van der Waals surface area (Å²) < 4.78 is 0. The van der Waals surface area contributed by atoms with Crippen molar-refractivity contribution in [3.05, 3.63) is 23.5 Å². The molecule has 4 atom stereocenters. The van der Waals surface area contributed by atoms with Crippen LogP contribution in [0.15, 0.2) is 18.3 Å². The largest absolute Gasteiger partial charge is 0.323 e. The fourth-order valence-corrected chi connectivity index (χ4v) is 5.85. The Morgan fingerprint density at radius 3 is 2.36 bits per heavy atom. The molecule has 4 unspecified atom stereocenters. The molecule has 5 rings (SSSR count). The van der Waals surface area contributed by atoms with Gasteiger partial charge >= 0.3 is 0 Å². The second-order valence-corrected chi connectivity index (χ2v) is 8.14. The van der Waals surface area contributed by atoms with Crippen molar-refractivity contribution in [1.82, 2.24) is 9.88 Å². The molecule has 25 heavy (non-hydrogen) atoms. The highest BCUT2D eigenvalue weighted by atomic mass is 35.5. The van der Waals surface area contributed by atoms with Crippen LogP contribution >= 0.6 is 11.6 Å². The molecule has 6 nitrogen and oxygen atoms in total. The number of halogens is 1. The molecule has 2 bridgehead atoms. The number of carbonyl (C=O) groups is 3. The number of carbonyl (C=O) groups excluding carboxylic acids is 3. The SMILES string of the molecule is O=C(CN1C(=O)C2C(C1=O)C1CCC2C12CC2)Nc1ccc(Cl)nc1. The predicted molar refractivity (Wildman–Crippen MR) is 89.5 cm³/mol. The highest BCUT2D eigenvalue weighted by Gasteiger charge is 2.74. The lowest BCUT2D eigenvalue weighted by atomic mass is 9.81. The van der Waals surface area contributed by atoms with Crippen LogP contribution in [0.4, 0.5) is 5.69 Å². The zero-order valence-electron chi connectivity index (χ0n) is 13.6. The Labute approximate surface area is 149 Å². The van der Waals surface area contributed by atoms with Gasteiger partial charge < -0.3 is 5.32 Å². The van der Waals surface area contributed by atoms with Crippen LogP contribution < -0.4 is 5.32 Å². The van der Waals surface area contributed by atoms with E-state index in [2.05, 4.69) is 10.3 Å².